The molecule has 0 unspecified atom stereocenters. The lowest BCUT2D eigenvalue weighted by molar-refractivity contribution is -0.199. The van der Waals surface area contributed by atoms with E-state index in [-0.39, 0.29) is 52.0 Å². The second-order valence-electron chi connectivity index (χ2n) is 11.8. The molecule has 0 amide bonds. The Kier molecular flexibility index (Phi) is 4.54. The van der Waals surface area contributed by atoms with Gasteiger partial charge < -0.3 is 4.74 Å². The van der Waals surface area contributed by atoms with Crippen molar-refractivity contribution in [3.8, 4) is 0 Å². The van der Waals surface area contributed by atoms with Crippen LogP contribution in [0.2, 0.25) is 0 Å². The Morgan fingerprint density at radius 1 is 1.06 bits per heavy atom. The van der Waals surface area contributed by atoms with Crippen LogP contribution in [0.5, 0.6) is 0 Å². The predicted octanol–water partition coefficient (Wildman–Crippen LogP) is 4.92. The summed E-state index contributed by atoms with van der Waals surface area (Å²) < 4.78 is 5.29. The topological polar surface area (TPSA) is 60.4 Å². The van der Waals surface area contributed by atoms with Gasteiger partial charge in [0.1, 0.15) is 0 Å². The highest BCUT2D eigenvalue weighted by atomic mass is 16.5. The van der Waals surface area contributed by atoms with Crippen LogP contribution in [0.15, 0.2) is 23.8 Å². The molecule has 0 aromatic rings. The fourth-order valence-corrected chi connectivity index (χ4v) is 9.27. The Morgan fingerprint density at radius 3 is 2.45 bits per heavy atom. The molecule has 0 aromatic carbocycles. The lowest BCUT2D eigenvalue weighted by atomic mass is 9.33. The molecule has 6 aliphatic carbocycles. The highest BCUT2D eigenvalue weighted by Gasteiger charge is 2.70. The van der Waals surface area contributed by atoms with Gasteiger partial charge in [-0.05, 0) is 80.3 Å². The molecule has 0 heterocycles. The predicted molar refractivity (Wildman–Crippen MR) is 118 cm³/mol. The first-order chi connectivity index (χ1) is 14.6. The summed E-state index contributed by atoms with van der Waals surface area (Å²) in [6, 6.07) is 0. The molecule has 0 saturated heterocycles. The quantitative estimate of drug-likeness (QED) is 0.466. The second kappa shape index (κ2) is 6.65. The molecule has 4 nitrogen and oxygen atoms in total. The number of esters is 1. The summed E-state index contributed by atoms with van der Waals surface area (Å²) in [6.45, 7) is 8.93. The van der Waals surface area contributed by atoms with Crippen molar-refractivity contribution in [2.24, 2.45) is 51.8 Å². The molecule has 6 rings (SSSR count). The van der Waals surface area contributed by atoms with Gasteiger partial charge in [0, 0.05) is 17.3 Å². The van der Waals surface area contributed by atoms with Crippen LogP contribution in [0.4, 0.5) is 0 Å². The van der Waals surface area contributed by atoms with Crippen LogP contribution in [0.3, 0.4) is 0 Å². The van der Waals surface area contributed by atoms with Crippen LogP contribution in [0, 0.1) is 51.8 Å². The first-order valence-corrected chi connectivity index (χ1v) is 12.2. The van der Waals surface area contributed by atoms with E-state index in [0.717, 1.165) is 38.5 Å². The van der Waals surface area contributed by atoms with Crippen molar-refractivity contribution in [2.45, 2.75) is 66.2 Å². The van der Waals surface area contributed by atoms with E-state index in [1.165, 1.54) is 18.8 Å². The average Bonchev–Trinajstić information content (AvgIpc) is 2.74. The molecule has 3 saturated carbocycles. The largest absolute Gasteiger partial charge is 0.469 e. The number of fused-ring (bicyclic) bond motifs is 1. The summed E-state index contributed by atoms with van der Waals surface area (Å²) in [5, 5.41) is 0. The Morgan fingerprint density at radius 2 is 1.77 bits per heavy atom. The van der Waals surface area contributed by atoms with Crippen LogP contribution >= 0.6 is 0 Å². The molecule has 1 spiro atoms. The molecule has 3 fully saturated rings. The number of allylic oxidation sites excluding steroid dienone is 4. The standard InChI is InChI=1S/C27H36O4/c1-15(2)17-14-27-12-9-20-25(3,10-6-11-26(20,4)24(30)31-5)21(27)13-16(17)22-18(28)7-8-19(29)23(22)27/h7-8,14-16,20-23H,6,9-13H2,1-5H3/t16-,20+,21+,22-,23+,25+,26-,27+/m1/s1. The summed E-state index contributed by atoms with van der Waals surface area (Å²) in [5.74, 6) is 0.932. The van der Waals surface area contributed by atoms with Gasteiger partial charge >= 0.3 is 5.97 Å². The van der Waals surface area contributed by atoms with E-state index in [9.17, 15) is 14.4 Å². The van der Waals surface area contributed by atoms with E-state index < -0.39 is 5.41 Å². The van der Waals surface area contributed by atoms with Crippen LogP contribution in [0.25, 0.3) is 0 Å². The minimum absolute atomic E-state index is 0.0217. The smallest absolute Gasteiger partial charge is 0.311 e. The molecular weight excluding hydrogens is 388 g/mol. The van der Waals surface area contributed by atoms with Crippen LogP contribution < -0.4 is 0 Å². The zero-order valence-electron chi connectivity index (χ0n) is 19.6. The second-order valence-corrected chi connectivity index (χ2v) is 11.8. The zero-order valence-corrected chi connectivity index (χ0v) is 19.6. The summed E-state index contributed by atoms with van der Waals surface area (Å²) >= 11 is 0. The van der Waals surface area contributed by atoms with Crippen molar-refractivity contribution in [1.82, 2.24) is 0 Å². The summed E-state index contributed by atoms with van der Waals surface area (Å²) in [6.07, 6.45) is 11.3. The van der Waals surface area contributed by atoms with Crippen LogP contribution in [-0.4, -0.2) is 24.6 Å². The average molecular weight is 425 g/mol. The van der Waals surface area contributed by atoms with Crippen molar-refractivity contribution in [1.29, 1.82) is 0 Å². The van der Waals surface area contributed by atoms with Gasteiger partial charge in [0.05, 0.1) is 12.5 Å². The molecule has 168 valence electrons. The lowest BCUT2D eigenvalue weighted by Crippen LogP contribution is -2.66. The minimum Gasteiger partial charge on any atom is -0.469 e. The van der Waals surface area contributed by atoms with E-state index >= 15 is 0 Å². The Hall–Kier alpha value is -1.71. The Balaban J connectivity index is 1.66. The molecule has 2 bridgehead atoms. The molecule has 0 N–H and O–H groups in total. The van der Waals surface area contributed by atoms with Crippen molar-refractivity contribution in [3.05, 3.63) is 23.8 Å². The normalized spacial score (nSPS) is 48.1. The first-order valence-electron chi connectivity index (χ1n) is 12.2. The third-order valence-corrected chi connectivity index (χ3v) is 10.4. The van der Waals surface area contributed by atoms with Crippen LogP contribution in [-0.2, 0) is 19.1 Å². The number of ketones is 2. The van der Waals surface area contributed by atoms with E-state index in [4.69, 9.17) is 4.74 Å². The Labute approximate surface area is 185 Å². The first kappa shape index (κ1) is 21.2. The maximum absolute atomic E-state index is 13.3. The van der Waals surface area contributed by atoms with Gasteiger partial charge in [-0.3, -0.25) is 14.4 Å². The van der Waals surface area contributed by atoms with Gasteiger partial charge in [0.2, 0.25) is 0 Å². The van der Waals surface area contributed by atoms with E-state index in [0.29, 0.717) is 11.8 Å². The zero-order chi connectivity index (χ0) is 22.3. The summed E-state index contributed by atoms with van der Waals surface area (Å²) in [7, 11) is 1.51. The number of hydrogen-bond acceptors (Lipinski definition) is 4. The number of carbonyl (C=O) groups excluding carboxylic acids is 3. The van der Waals surface area contributed by atoms with Gasteiger partial charge in [-0.25, -0.2) is 0 Å². The molecule has 0 radical (unpaired) electrons. The molecular formula is C27H36O4. The van der Waals surface area contributed by atoms with Crippen molar-refractivity contribution >= 4 is 17.5 Å². The molecule has 8 atom stereocenters. The number of methoxy groups -OCH3 is 1. The molecule has 31 heavy (non-hydrogen) atoms. The van der Waals surface area contributed by atoms with Gasteiger partial charge in [0.25, 0.3) is 0 Å². The number of hydrogen-bond donors (Lipinski definition) is 0. The third kappa shape index (κ3) is 2.51. The SMILES string of the molecule is COC(=O)[C@]1(C)CCC[C@]2(C)[C@@H]3C[C@@H]4C(C(C)C)=C[C@]3(CC[C@@H]21)[C@H]1C(=O)C=CC(=O)[C@@H]41. The summed E-state index contributed by atoms with van der Waals surface area (Å²) in [4.78, 5) is 39.3. The van der Waals surface area contributed by atoms with Crippen molar-refractivity contribution in [2.75, 3.05) is 7.11 Å². The maximum Gasteiger partial charge on any atom is 0.311 e. The number of carbonyl (C=O) groups is 3. The number of ether oxygens (including phenoxy) is 1. The molecule has 6 aliphatic rings. The molecule has 0 aromatic heterocycles. The maximum atomic E-state index is 13.3. The highest BCUT2D eigenvalue weighted by Crippen LogP contribution is 2.74. The van der Waals surface area contributed by atoms with E-state index in [1.807, 2.05) is 0 Å². The van der Waals surface area contributed by atoms with Gasteiger partial charge in [-0.1, -0.05) is 38.8 Å². The third-order valence-electron chi connectivity index (χ3n) is 10.4. The van der Waals surface area contributed by atoms with Crippen LogP contribution in [0.1, 0.15) is 66.2 Å². The van der Waals surface area contributed by atoms with Gasteiger partial charge in [0.15, 0.2) is 11.6 Å². The van der Waals surface area contributed by atoms with Crippen molar-refractivity contribution in [3.63, 3.8) is 0 Å². The highest BCUT2D eigenvalue weighted by molar-refractivity contribution is 6.08. The van der Waals surface area contributed by atoms with Gasteiger partial charge in [-0.2, -0.15) is 0 Å². The van der Waals surface area contributed by atoms with Crippen molar-refractivity contribution < 1.29 is 19.1 Å². The fourth-order valence-electron chi connectivity index (χ4n) is 9.27. The van der Waals surface area contributed by atoms with Gasteiger partial charge in [-0.15, -0.1) is 0 Å². The van der Waals surface area contributed by atoms with E-state index in [1.54, 1.807) is 6.08 Å². The Bertz CT molecular complexity index is 912. The monoisotopic (exact) mass is 424 g/mol. The minimum atomic E-state index is -0.462. The molecule has 4 heteroatoms. The number of rotatable bonds is 2. The fraction of sp³-hybridized carbons (Fsp3) is 0.741. The summed E-state index contributed by atoms with van der Waals surface area (Å²) in [5.41, 5.74) is 0.654. The lowest BCUT2D eigenvalue weighted by Gasteiger charge is -2.69. The molecule has 0 aliphatic heterocycles. The van der Waals surface area contributed by atoms with E-state index in [2.05, 4.69) is 33.8 Å².